The third-order valence-corrected chi connectivity index (χ3v) is 4.24. The van der Waals surface area contributed by atoms with Crippen LogP contribution in [0.5, 0.6) is 5.75 Å². The summed E-state index contributed by atoms with van der Waals surface area (Å²) in [6, 6.07) is 3.27. The summed E-state index contributed by atoms with van der Waals surface area (Å²) in [6.07, 6.45) is 7.87. The number of fused-ring (bicyclic) bond motifs is 1. The van der Waals surface area contributed by atoms with Gasteiger partial charge in [-0.25, -0.2) is 4.98 Å². The van der Waals surface area contributed by atoms with E-state index in [0.29, 0.717) is 28.5 Å². The molecule has 1 aliphatic rings. The molecule has 0 bridgehead atoms. The van der Waals surface area contributed by atoms with Crippen LogP contribution in [0.15, 0.2) is 36.9 Å². The Morgan fingerprint density at radius 1 is 1.18 bits per heavy atom. The summed E-state index contributed by atoms with van der Waals surface area (Å²) in [5.74, 6) is 0.599. The van der Waals surface area contributed by atoms with Gasteiger partial charge in [-0.3, -0.25) is 14.6 Å². The van der Waals surface area contributed by atoms with Crippen molar-refractivity contribution in [3.63, 3.8) is 0 Å². The Bertz CT molecular complexity index is 1040. The number of amides is 2. The number of anilines is 2. The lowest BCUT2D eigenvalue weighted by atomic mass is 10.2. The molecule has 0 radical (unpaired) electrons. The van der Waals surface area contributed by atoms with Gasteiger partial charge in [0.05, 0.1) is 24.1 Å². The van der Waals surface area contributed by atoms with Crippen LogP contribution in [0.4, 0.5) is 11.5 Å². The molecule has 0 saturated heterocycles. The molecule has 3 aromatic heterocycles. The van der Waals surface area contributed by atoms with Crippen LogP contribution in [0.3, 0.4) is 0 Å². The highest BCUT2D eigenvalue weighted by Crippen LogP contribution is 2.30. The van der Waals surface area contributed by atoms with Gasteiger partial charge in [-0.2, -0.15) is 9.61 Å². The van der Waals surface area contributed by atoms with E-state index in [0.717, 1.165) is 12.8 Å². The Hall–Kier alpha value is -3.49. The SMILES string of the molecule is CC(C)Oc1ccncc1NC(=O)c1ccnn2c(NC(=O)C3CC3)cnc12. The Kier molecular flexibility index (Phi) is 4.64. The Labute approximate surface area is 161 Å². The van der Waals surface area contributed by atoms with Crippen molar-refractivity contribution < 1.29 is 14.3 Å². The standard InChI is InChI=1S/C19H20N6O3/c1-11(2)28-15-6-7-20-9-14(15)23-19(27)13-5-8-22-25-16(10-21-17(13)25)24-18(26)12-3-4-12/h5-12H,3-4H2,1-2H3,(H,23,27)(H,24,26). The summed E-state index contributed by atoms with van der Waals surface area (Å²) in [7, 11) is 0. The van der Waals surface area contributed by atoms with Crippen molar-refractivity contribution in [2.24, 2.45) is 5.92 Å². The molecule has 0 unspecified atom stereocenters. The summed E-state index contributed by atoms with van der Waals surface area (Å²) in [4.78, 5) is 33.2. The number of ether oxygens (including phenoxy) is 1. The predicted octanol–water partition coefficient (Wildman–Crippen LogP) is 2.51. The zero-order chi connectivity index (χ0) is 19.7. The van der Waals surface area contributed by atoms with Crippen LogP contribution in [-0.4, -0.2) is 37.5 Å². The van der Waals surface area contributed by atoms with Crippen molar-refractivity contribution in [2.75, 3.05) is 10.6 Å². The second kappa shape index (κ2) is 7.26. The van der Waals surface area contributed by atoms with Crippen LogP contribution in [0.25, 0.3) is 5.65 Å². The van der Waals surface area contributed by atoms with E-state index in [-0.39, 0.29) is 23.8 Å². The van der Waals surface area contributed by atoms with Crippen LogP contribution in [-0.2, 0) is 4.79 Å². The topological polar surface area (TPSA) is 111 Å². The van der Waals surface area contributed by atoms with Crippen LogP contribution >= 0.6 is 0 Å². The minimum Gasteiger partial charge on any atom is -0.489 e. The minimum atomic E-state index is -0.375. The first-order chi connectivity index (χ1) is 13.5. The summed E-state index contributed by atoms with van der Waals surface area (Å²) in [5.41, 5.74) is 1.13. The highest BCUT2D eigenvalue weighted by Gasteiger charge is 2.30. The molecule has 1 fully saturated rings. The third-order valence-electron chi connectivity index (χ3n) is 4.24. The minimum absolute atomic E-state index is 0.0457. The first-order valence-electron chi connectivity index (χ1n) is 9.08. The lowest BCUT2D eigenvalue weighted by molar-refractivity contribution is -0.117. The lowest BCUT2D eigenvalue weighted by Gasteiger charge is -2.14. The lowest BCUT2D eigenvalue weighted by Crippen LogP contribution is -2.17. The molecule has 2 amide bonds. The molecular formula is C19H20N6O3. The normalized spacial score (nSPS) is 13.5. The van der Waals surface area contributed by atoms with E-state index in [1.165, 1.54) is 23.1 Å². The van der Waals surface area contributed by atoms with Crippen molar-refractivity contribution in [1.82, 2.24) is 19.6 Å². The summed E-state index contributed by atoms with van der Waals surface area (Å²) in [6.45, 7) is 3.81. The van der Waals surface area contributed by atoms with E-state index < -0.39 is 0 Å². The van der Waals surface area contributed by atoms with Gasteiger partial charge in [-0.1, -0.05) is 0 Å². The van der Waals surface area contributed by atoms with E-state index in [9.17, 15) is 9.59 Å². The second-order valence-electron chi connectivity index (χ2n) is 6.88. The van der Waals surface area contributed by atoms with Crippen molar-refractivity contribution >= 4 is 29.0 Å². The quantitative estimate of drug-likeness (QED) is 0.680. The molecule has 1 saturated carbocycles. The molecule has 144 valence electrons. The molecule has 0 aromatic carbocycles. The van der Waals surface area contributed by atoms with E-state index in [4.69, 9.17) is 4.74 Å². The highest BCUT2D eigenvalue weighted by molar-refractivity contribution is 6.09. The zero-order valence-corrected chi connectivity index (χ0v) is 15.5. The summed E-state index contributed by atoms with van der Waals surface area (Å²) >= 11 is 0. The van der Waals surface area contributed by atoms with E-state index in [2.05, 4.69) is 25.7 Å². The number of carbonyl (C=O) groups excluding carboxylic acids is 2. The van der Waals surface area contributed by atoms with E-state index in [1.54, 1.807) is 18.3 Å². The fourth-order valence-corrected chi connectivity index (χ4v) is 2.75. The van der Waals surface area contributed by atoms with E-state index >= 15 is 0 Å². The number of rotatable bonds is 6. The molecule has 2 N–H and O–H groups in total. The second-order valence-corrected chi connectivity index (χ2v) is 6.88. The smallest absolute Gasteiger partial charge is 0.259 e. The number of pyridine rings is 1. The monoisotopic (exact) mass is 380 g/mol. The van der Waals surface area contributed by atoms with Gasteiger partial charge in [0, 0.05) is 24.4 Å². The number of hydrogen-bond donors (Lipinski definition) is 2. The fourth-order valence-electron chi connectivity index (χ4n) is 2.75. The molecule has 0 spiro atoms. The molecule has 4 rings (SSSR count). The maximum Gasteiger partial charge on any atom is 0.259 e. The molecule has 3 heterocycles. The number of nitrogens with one attached hydrogen (secondary N) is 2. The number of carbonyl (C=O) groups is 2. The van der Waals surface area contributed by atoms with Crippen molar-refractivity contribution in [1.29, 1.82) is 0 Å². The zero-order valence-electron chi connectivity index (χ0n) is 15.5. The van der Waals surface area contributed by atoms with Crippen molar-refractivity contribution in [3.05, 3.63) is 42.5 Å². The average molecular weight is 380 g/mol. The summed E-state index contributed by atoms with van der Waals surface area (Å²) < 4.78 is 7.16. The number of imidazole rings is 1. The maximum atomic E-state index is 12.9. The van der Waals surface area contributed by atoms with Crippen LogP contribution in [0.1, 0.15) is 37.0 Å². The van der Waals surface area contributed by atoms with Crippen LogP contribution in [0, 0.1) is 5.92 Å². The first kappa shape index (κ1) is 17.9. The average Bonchev–Trinajstić information content (AvgIpc) is 3.45. The maximum absolute atomic E-state index is 12.9. The Morgan fingerprint density at radius 2 is 2.00 bits per heavy atom. The Morgan fingerprint density at radius 3 is 2.75 bits per heavy atom. The molecule has 9 heteroatoms. The first-order valence-corrected chi connectivity index (χ1v) is 9.08. The van der Waals surface area contributed by atoms with Crippen molar-refractivity contribution in [2.45, 2.75) is 32.8 Å². The number of hydrogen-bond acceptors (Lipinski definition) is 6. The third kappa shape index (κ3) is 3.64. The predicted molar refractivity (Wildman–Crippen MR) is 102 cm³/mol. The highest BCUT2D eigenvalue weighted by atomic mass is 16.5. The van der Waals surface area contributed by atoms with Gasteiger partial charge < -0.3 is 15.4 Å². The molecule has 0 atom stereocenters. The van der Waals surface area contributed by atoms with Crippen LogP contribution in [0.2, 0.25) is 0 Å². The molecule has 9 nitrogen and oxygen atoms in total. The molecule has 3 aromatic rings. The number of aromatic nitrogens is 4. The largest absolute Gasteiger partial charge is 0.489 e. The molecule has 28 heavy (non-hydrogen) atoms. The van der Waals surface area contributed by atoms with Gasteiger partial charge in [-0.15, -0.1) is 0 Å². The van der Waals surface area contributed by atoms with Gasteiger partial charge in [0.15, 0.2) is 11.5 Å². The fraction of sp³-hybridized carbons (Fsp3) is 0.316. The Balaban J connectivity index is 1.60. The van der Waals surface area contributed by atoms with E-state index in [1.807, 2.05) is 13.8 Å². The van der Waals surface area contributed by atoms with Gasteiger partial charge in [0.25, 0.3) is 5.91 Å². The van der Waals surface area contributed by atoms with Crippen LogP contribution < -0.4 is 15.4 Å². The number of nitrogens with zero attached hydrogens (tertiary/aromatic N) is 4. The molecule has 0 aliphatic heterocycles. The van der Waals surface area contributed by atoms with Gasteiger partial charge >= 0.3 is 0 Å². The van der Waals surface area contributed by atoms with Crippen molar-refractivity contribution in [3.8, 4) is 5.75 Å². The van der Waals surface area contributed by atoms with Gasteiger partial charge in [0.1, 0.15) is 11.4 Å². The van der Waals surface area contributed by atoms with Gasteiger partial charge in [0.2, 0.25) is 5.91 Å². The molecule has 1 aliphatic carbocycles. The summed E-state index contributed by atoms with van der Waals surface area (Å²) in [5, 5.41) is 9.82. The molecular weight excluding hydrogens is 360 g/mol. The van der Waals surface area contributed by atoms with Gasteiger partial charge in [-0.05, 0) is 32.8 Å².